The number of hydrogen-bond acceptors (Lipinski definition) is 7. The number of anilines is 5. The molecule has 1 fully saturated rings. The molecule has 5 rings (SSSR count). The number of piperidine rings is 1. The predicted octanol–water partition coefficient (Wildman–Crippen LogP) is 5.54. The Hall–Kier alpha value is -3.21. The second kappa shape index (κ2) is 10.5. The van der Waals surface area contributed by atoms with E-state index in [1.54, 1.807) is 18.2 Å². The number of halogens is 4. The summed E-state index contributed by atoms with van der Waals surface area (Å²) in [6.45, 7) is 1.39. The van der Waals surface area contributed by atoms with Crippen molar-refractivity contribution >= 4 is 57.9 Å². The first-order chi connectivity index (χ1) is 18.2. The monoisotopic (exact) mass is 561 g/mol. The minimum absolute atomic E-state index is 0.151. The Labute approximate surface area is 229 Å². The highest BCUT2D eigenvalue weighted by atomic mass is 35.5. The van der Waals surface area contributed by atoms with Crippen LogP contribution in [0.25, 0.3) is 0 Å². The molecule has 3 heterocycles. The average Bonchev–Trinajstić information content (AvgIpc) is 2.87. The van der Waals surface area contributed by atoms with Gasteiger partial charge in [-0.1, -0.05) is 29.3 Å². The minimum Gasteiger partial charge on any atom is -0.371 e. The lowest BCUT2D eigenvalue weighted by Gasteiger charge is -2.35. The molecular weight excluding hydrogens is 535 g/mol. The Balaban J connectivity index is 1.38. The molecule has 0 unspecified atom stereocenters. The lowest BCUT2D eigenvalue weighted by molar-refractivity contribution is -0.0220. The summed E-state index contributed by atoms with van der Waals surface area (Å²) in [7, 11) is 3.66. The van der Waals surface area contributed by atoms with E-state index >= 15 is 0 Å². The molecule has 0 saturated carbocycles. The van der Waals surface area contributed by atoms with Gasteiger partial charge in [0.1, 0.15) is 11.4 Å². The third kappa shape index (κ3) is 5.21. The predicted molar refractivity (Wildman–Crippen MR) is 147 cm³/mol. The zero-order valence-corrected chi connectivity index (χ0v) is 22.5. The van der Waals surface area contributed by atoms with Crippen molar-refractivity contribution in [1.29, 1.82) is 0 Å². The maximum Gasteiger partial charge on any atom is 0.265 e. The van der Waals surface area contributed by atoms with E-state index in [-0.39, 0.29) is 25.4 Å². The summed E-state index contributed by atoms with van der Waals surface area (Å²) in [5, 5.41) is 7.11. The number of amides is 1. The Bertz CT molecular complexity index is 1340. The number of rotatable bonds is 6. The zero-order valence-electron chi connectivity index (χ0n) is 20.9. The number of fused-ring (bicyclic) bond motifs is 1. The van der Waals surface area contributed by atoms with Crippen LogP contribution in [0.3, 0.4) is 0 Å². The molecule has 2 aliphatic rings. The second-order valence-electron chi connectivity index (χ2n) is 9.42. The van der Waals surface area contributed by atoms with E-state index in [1.165, 1.54) is 11.1 Å². The van der Waals surface area contributed by atoms with Crippen LogP contribution in [0, 0.1) is 0 Å². The van der Waals surface area contributed by atoms with E-state index in [0.717, 1.165) is 16.9 Å². The quantitative estimate of drug-likeness (QED) is 0.409. The molecule has 0 radical (unpaired) electrons. The molecule has 8 nitrogen and oxygen atoms in total. The first-order valence-electron chi connectivity index (χ1n) is 12.2. The van der Waals surface area contributed by atoms with Crippen LogP contribution in [-0.4, -0.2) is 55.7 Å². The van der Waals surface area contributed by atoms with Crippen molar-refractivity contribution in [2.45, 2.75) is 25.3 Å². The number of para-hydroxylation sites is 1. The number of carbonyl (C=O) groups excluding carboxylic acids is 1. The molecule has 0 aliphatic carbocycles. The molecule has 2 aliphatic heterocycles. The molecule has 2 N–H and O–H groups in total. The van der Waals surface area contributed by atoms with Gasteiger partial charge in [-0.3, -0.25) is 9.69 Å². The fourth-order valence-corrected chi connectivity index (χ4v) is 5.39. The van der Waals surface area contributed by atoms with Crippen molar-refractivity contribution in [3.05, 3.63) is 63.8 Å². The van der Waals surface area contributed by atoms with E-state index < -0.39 is 5.92 Å². The summed E-state index contributed by atoms with van der Waals surface area (Å²) in [4.78, 5) is 27.6. The molecule has 38 heavy (non-hydrogen) atoms. The van der Waals surface area contributed by atoms with E-state index in [4.69, 9.17) is 23.2 Å². The van der Waals surface area contributed by atoms with Gasteiger partial charge in [0.15, 0.2) is 0 Å². The molecule has 12 heteroatoms. The van der Waals surface area contributed by atoms with E-state index in [2.05, 4.69) is 20.6 Å². The molecule has 1 saturated heterocycles. The summed E-state index contributed by atoms with van der Waals surface area (Å²) in [5.41, 5.74) is 3.41. The van der Waals surface area contributed by atoms with Gasteiger partial charge in [0.2, 0.25) is 5.95 Å². The van der Waals surface area contributed by atoms with Gasteiger partial charge < -0.3 is 20.4 Å². The van der Waals surface area contributed by atoms with Gasteiger partial charge in [-0.15, -0.1) is 0 Å². The maximum absolute atomic E-state index is 13.7. The smallest absolute Gasteiger partial charge is 0.265 e. The normalized spacial score (nSPS) is 17.0. The molecule has 0 bridgehead atoms. The van der Waals surface area contributed by atoms with Gasteiger partial charge in [0.05, 0.1) is 22.4 Å². The summed E-state index contributed by atoms with van der Waals surface area (Å²) in [6, 6.07) is 10.8. The maximum atomic E-state index is 13.7. The van der Waals surface area contributed by atoms with Gasteiger partial charge in [0.25, 0.3) is 11.8 Å². The van der Waals surface area contributed by atoms with Crippen LogP contribution < -0.4 is 25.3 Å². The number of carbonyl (C=O) groups is 1. The minimum atomic E-state index is -2.60. The van der Waals surface area contributed by atoms with Crippen LogP contribution in [0.1, 0.15) is 28.8 Å². The summed E-state index contributed by atoms with van der Waals surface area (Å²) in [6.07, 6.45) is 1.18. The lowest BCUT2D eigenvalue weighted by atomic mass is 10.0. The van der Waals surface area contributed by atoms with Crippen molar-refractivity contribution in [1.82, 2.24) is 15.3 Å². The van der Waals surface area contributed by atoms with Crippen LogP contribution in [0.4, 0.5) is 37.6 Å². The van der Waals surface area contributed by atoms with Crippen molar-refractivity contribution in [2.24, 2.45) is 0 Å². The van der Waals surface area contributed by atoms with Crippen molar-refractivity contribution < 1.29 is 13.6 Å². The third-order valence-corrected chi connectivity index (χ3v) is 7.32. The number of nitrogens with zero attached hydrogens (tertiary/aromatic N) is 5. The fourth-order valence-electron chi connectivity index (χ4n) is 4.79. The van der Waals surface area contributed by atoms with Gasteiger partial charge in [-0.25, -0.2) is 13.8 Å². The molecule has 1 aromatic heterocycles. The SMILES string of the molecule is CNCc1cc(Nc2ncc3c(n2)N(C)CN(c2c(Cl)cccc2Cl)C3=O)ccc1N1CCC(F)(F)CC1. The van der Waals surface area contributed by atoms with Crippen molar-refractivity contribution in [3.63, 3.8) is 0 Å². The highest BCUT2D eigenvalue weighted by Gasteiger charge is 2.35. The number of alkyl halides is 2. The zero-order chi connectivity index (χ0) is 27.0. The topological polar surface area (TPSA) is 76.6 Å². The summed E-state index contributed by atoms with van der Waals surface area (Å²) in [5.74, 6) is -2.09. The number of nitrogens with one attached hydrogen (secondary N) is 2. The van der Waals surface area contributed by atoms with Gasteiger partial charge in [-0.2, -0.15) is 4.98 Å². The second-order valence-corrected chi connectivity index (χ2v) is 10.2. The largest absolute Gasteiger partial charge is 0.371 e. The Morgan fingerprint density at radius 1 is 1.11 bits per heavy atom. The van der Waals surface area contributed by atoms with Crippen LogP contribution >= 0.6 is 23.2 Å². The van der Waals surface area contributed by atoms with Gasteiger partial charge >= 0.3 is 0 Å². The first-order valence-corrected chi connectivity index (χ1v) is 12.9. The van der Waals surface area contributed by atoms with E-state index in [0.29, 0.717) is 52.7 Å². The van der Waals surface area contributed by atoms with Crippen LogP contribution in [0.2, 0.25) is 10.0 Å². The molecule has 3 aromatic rings. The number of aromatic nitrogens is 2. The number of hydrogen-bond donors (Lipinski definition) is 2. The Kier molecular flexibility index (Phi) is 7.30. The molecule has 0 spiro atoms. The van der Waals surface area contributed by atoms with Crippen LogP contribution in [0.5, 0.6) is 0 Å². The third-order valence-electron chi connectivity index (χ3n) is 6.71. The molecular formula is C26H27Cl2F2N7O. The van der Waals surface area contributed by atoms with E-state index in [1.807, 2.05) is 42.1 Å². The highest BCUT2D eigenvalue weighted by molar-refractivity contribution is 6.40. The first kappa shape index (κ1) is 26.4. The molecule has 200 valence electrons. The van der Waals surface area contributed by atoms with Crippen LogP contribution in [-0.2, 0) is 6.54 Å². The highest BCUT2D eigenvalue weighted by Crippen LogP contribution is 2.38. The molecule has 1 amide bonds. The van der Waals surface area contributed by atoms with Crippen molar-refractivity contribution in [2.75, 3.05) is 53.9 Å². The average molecular weight is 562 g/mol. The summed E-state index contributed by atoms with van der Waals surface area (Å²) < 4.78 is 27.3. The Morgan fingerprint density at radius 2 is 1.82 bits per heavy atom. The van der Waals surface area contributed by atoms with Crippen molar-refractivity contribution in [3.8, 4) is 0 Å². The number of benzene rings is 2. The Morgan fingerprint density at radius 3 is 2.50 bits per heavy atom. The van der Waals surface area contributed by atoms with Crippen LogP contribution in [0.15, 0.2) is 42.6 Å². The lowest BCUT2D eigenvalue weighted by Crippen LogP contribution is -2.46. The van der Waals surface area contributed by atoms with E-state index in [9.17, 15) is 13.6 Å². The standard InChI is InChI=1S/C26H27Cl2F2N7O/c1-31-13-16-12-17(6-7-21(16)36-10-8-26(29,30)9-11-36)33-25-32-14-18-23(34-25)35(2)15-37(24(18)38)22-19(27)4-3-5-20(22)28/h3-7,12,14,31H,8-11,13,15H2,1-2H3,(H,32,33,34). The van der Waals surface area contributed by atoms with Gasteiger partial charge in [-0.05, 0) is 42.9 Å². The summed E-state index contributed by atoms with van der Waals surface area (Å²) >= 11 is 12.7. The molecule has 0 atom stereocenters. The van der Waals surface area contributed by atoms with Gasteiger partial charge in [0, 0.05) is 57.1 Å². The fraction of sp³-hybridized carbons (Fsp3) is 0.346. The molecule has 2 aromatic carbocycles.